The molecule has 0 spiro atoms. The van der Waals surface area contributed by atoms with Gasteiger partial charge in [0.2, 0.25) is 5.91 Å². The van der Waals surface area contributed by atoms with Gasteiger partial charge in [0.1, 0.15) is 5.75 Å². The molecule has 1 aromatic rings. The van der Waals surface area contributed by atoms with Crippen molar-refractivity contribution in [1.82, 2.24) is 10.2 Å². The number of carbonyl (C=O) groups is 3. The van der Waals surface area contributed by atoms with Gasteiger partial charge in [-0.05, 0) is 44.4 Å². The van der Waals surface area contributed by atoms with E-state index in [1.807, 2.05) is 38.1 Å². The van der Waals surface area contributed by atoms with E-state index in [1.165, 1.54) is 0 Å². The third-order valence-electron chi connectivity index (χ3n) is 5.01. The van der Waals surface area contributed by atoms with Crippen molar-refractivity contribution in [3.05, 3.63) is 29.8 Å². The molecular formula is C22H32N2O5. The van der Waals surface area contributed by atoms with E-state index in [9.17, 15) is 14.4 Å². The van der Waals surface area contributed by atoms with Gasteiger partial charge < -0.3 is 19.7 Å². The lowest BCUT2D eigenvalue weighted by Gasteiger charge is -2.40. The Hall–Kier alpha value is -2.57. The molecule has 1 fully saturated rings. The van der Waals surface area contributed by atoms with Crippen LogP contribution in [0.3, 0.4) is 0 Å². The summed E-state index contributed by atoms with van der Waals surface area (Å²) in [4.78, 5) is 39.1. The molecule has 7 nitrogen and oxygen atoms in total. The first-order valence-corrected chi connectivity index (χ1v) is 10.3. The predicted octanol–water partition coefficient (Wildman–Crippen LogP) is 2.84. The Balaban J connectivity index is 2.23. The standard InChI is InChI=1S/C22H32N2O5/c1-5-6-13-24-20(26)12-11-18(22(27)29-14-19(25)23-15(2)3)21(24)16-7-9-17(28-4)10-8-16/h7-10,15,18,21H,5-6,11-14H2,1-4H3,(H,23,25)/t18-,21+/m0/s1. The van der Waals surface area contributed by atoms with Crippen LogP contribution in [-0.2, 0) is 19.1 Å². The Morgan fingerprint density at radius 3 is 2.52 bits per heavy atom. The zero-order valence-corrected chi connectivity index (χ0v) is 17.8. The maximum atomic E-state index is 12.9. The highest BCUT2D eigenvalue weighted by Gasteiger charge is 2.41. The number of carbonyl (C=O) groups excluding carboxylic acids is 3. The van der Waals surface area contributed by atoms with Gasteiger partial charge in [-0.1, -0.05) is 25.5 Å². The highest BCUT2D eigenvalue weighted by Crippen LogP contribution is 2.38. The van der Waals surface area contributed by atoms with Gasteiger partial charge in [0.15, 0.2) is 6.61 Å². The Labute approximate surface area is 172 Å². The number of hydrogen-bond acceptors (Lipinski definition) is 5. The Bertz CT molecular complexity index is 702. The van der Waals surface area contributed by atoms with Crippen molar-refractivity contribution in [2.75, 3.05) is 20.3 Å². The molecule has 2 amide bonds. The van der Waals surface area contributed by atoms with Crippen molar-refractivity contribution in [2.45, 2.75) is 58.5 Å². The third-order valence-corrected chi connectivity index (χ3v) is 5.01. The zero-order valence-electron chi connectivity index (χ0n) is 17.8. The molecular weight excluding hydrogens is 372 g/mol. The SMILES string of the molecule is CCCCN1C(=O)CC[C@H](C(=O)OCC(=O)NC(C)C)[C@H]1c1ccc(OC)cc1. The number of hydrogen-bond donors (Lipinski definition) is 1. The molecule has 1 aliphatic rings. The van der Waals surface area contributed by atoms with Gasteiger partial charge in [-0.25, -0.2) is 0 Å². The normalized spacial score (nSPS) is 19.2. The number of rotatable bonds is 9. The van der Waals surface area contributed by atoms with E-state index in [0.717, 1.165) is 18.4 Å². The van der Waals surface area contributed by atoms with E-state index < -0.39 is 17.9 Å². The Morgan fingerprint density at radius 1 is 1.24 bits per heavy atom. The molecule has 1 aromatic carbocycles. The lowest BCUT2D eigenvalue weighted by atomic mass is 9.84. The number of amides is 2. The Morgan fingerprint density at radius 2 is 1.93 bits per heavy atom. The summed E-state index contributed by atoms with van der Waals surface area (Å²) >= 11 is 0. The van der Waals surface area contributed by atoms with Crippen LogP contribution in [0.4, 0.5) is 0 Å². The van der Waals surface area contributed by atoms with Gasteiger partial charge in [0, 0.05) is 19.0 Å². The highest BCUT2D eigenvalue weighted by molar-refractivity contribution is 5.84. The topological polar surface area (TPSA) is 84.9 Å². The third kappa shape index (κ3) is 6.21. The summed E-state index contributed by atoms with van der Waals surface area (Å²) in [6.45, 7) is 6.03. The number of nitrogens with zero attached hydrogens (tertiary/aromatic N) is 1. The van der Waals surface area contributed by atoms with Gasteiger partial charge in [0.05, 0.1) is 19.1 Å². The van der Waals surface area contributed by atoms with Crippen LogP contribution >= 0.6 is 0 Å². The average molecular weight is 405 g/mol. The maximum absolute atomic E-state index is 12.9. The molecule has 1 saturated heterocycles. The van der Waals surface area contributed by atoms with Crippen LogP contribution < -0.4 is 10.1 Å². The molecule has 29 heavy (non-hydrogen) atoms. The van der Waals surface area contributed by atoms with Crippen molar-refractivity contribution in [1.29, 1.82) is 0 Å². The molecule has 7 heteroatoms. The Kier molecular flexibility index (Phi) is 8.49. The molecule has 0 saturated carbocycles. The number of unbranched alkanes of at least 4 members (excludes halogenated alkanes) is 1. The summed E-state index contributed by atoms with van der Waals surface area (Å²) in [6, 6.07) is 6.98. The monoisotopic (exact) mass is 404 g/mol. The van der Waals surface area contributed by atoms with Crippen LogP contribution in [0.1, 0.15) is 58.1 Å². The first kappa shape index (κ1) is 22.7. The molecule has 0 aromatic heterocycles. The van der Waals surface area contributed by atoms with Crippen LogP contribution in [0.5, 0.6) is 5.75 Å². The van der Waals surface area contributed by atoms with Gasteiger partial charge >= 0.3 is 5.97 Å². The van der Waals surface area contributed by atoms with Crippen molar-refractivity contribution in [3.8, 4) is 5.75 Å². The fourth-order valence-electron chi connectivity index (χ4n) is 3.61. The van der Waals surface area contributed by atoms with E-state index in [-0.39, 0.29) is 24.5 Å². The first-order chi connectivity index (χ1) is 13.9. The molecule has 160 valence electrons. The minimum absolute atomic E-state index is 0.0231. The summed E-state index contributed by atoms with van der Waals surface area (Å²) in [5.41, 5.74) is 0.864. The summed E-state index contributed by atoms with van der Waals surface area (Å²) < 4.78 is 10.5. The predicted molar refractivity (Wildman–Crippen MR) is 109 cm³/mol. The molecule has 2 atom stereocenters. The number of nitrogens with one attached hydrogen (secondary N) is 1. The fraction of sp³-hybridized carbons (Fsp3) is 0.591. The summed E-state index contributed by atoms with van der Waals surface area (Å²) in [5.74, 6) is -0.533. The van der Waals surface area contributed by atoms with Crippen LogP contribution in [0.25, 0.3) is 0 Å². The van der Waals surface area contributed by atoms with Gasteiger partial charge in [-0.3, -0.25) is 14.4 Å². The van der Waals surface area contributed by atoms with Crippen molar-refractivity contribution >= 4 is 17.8 Å². The van der Waals surface area contributed by atoms with Crippen LogP contribution in [0.2, 0.25) is 0 Å². The fourth-order valence-corrected chi connectivity index (χ4v) is 3.61. The molecule has 0 bridgehead atoms. The maximum Gasteiger partial charge on any atom is 0.311 e. The highest BCUT2D eigenvalue weighted by atomic mass is 16.5. The van der Waals surface area contributed by atoms with E-state index in [2.05, 4.69) is 12.2 Å². The van der Waals surface area contributed by atoms with Crippen molar-refractivity contribution < 1.29 is 23.9 Å². The van der Waals surface area contributed by atoms with Crippen molar-refractivity contribution in [3.63, 3.8) is 0 Å². The largest absolute Gasteiger partial charge is 0.497 e. The van der Waals surface area contributed by atoms with E-state index in [4.69, 9.17) is 9.47 Å². The lowest BCUT2D eigenvalue weighted by molar-refractivity contribution is -0.160. The van der Waals surface area contributed by atoms with E-state index in [1.54, 1.807) is 12.0 Å². The van der Waals surface area contributed by atoms with Crippen LogP contribution in [0, 0.1) is 5.92 Å². The van der Waals surface area contributed by atoms with E-state index >= 15 is 0 Å². The average Bonchev–Trinajstić information content (AvgIpc) is 2.70. The molecule has 2 rings (SSSR count). The molecule has 0 unspecified atom stereocenters. The molecule has 0 radical (unpaired) electrons. The van der Waals surface area contributed by atoms with Gasteiger partial charge in [-0.15, -0.1) is 0 Å². The number of piperidine rings is 1. The smallest absolute Gasteiger partial charge is 0.311 e. The number of esters is 1. The summed E-state index contributed by atoms with van der Waals surface area (Å²) in [7, 11) is 1.59. The van der Waals surface area contributed by atoms with Gasteiger partial charge in [0.25, 0.3) is 5.91 Å². The van der Waals surface area contributed by atoms with E-state index in [0.29, 0.717) is 25.1 Å². The minimum Gasteiger partial charge on any atom is -0.497 e. The van der Waals surface area contributed by atoms with Crippen molar-refractivity contribution in [2.24, 2.45) is 5.92 Å². The van der Waals surface area contributed by atoms with Crippen LogP contribution in [0.15, 0.2) is 24.3 Å². The molecule has 1 heterocycles. The minimum atomic E-state index is -0.509. The second-order valence-corrected chi connectivity index (χ2v) is 7.63. The van der Waals surface area contributed by atoms with Gasteiger partial charge in [-0.2, -0.15) is 0 Å². The lowest BCUT2D eigenvalue weighted by Crippen LogP contribution is -2.46. The number of ether oxygens (including phenoxy) is 2. The molecule has 1 aliphatic heterocycles. The molecule has 1 N–H and O–H groups in total. The zero-order chi connectivity index (χ0) is 21.4. The summed E-state index contributed by atoms with van der Waals surface area (Å²) in [5, 5.41) is 2.71. The molecule has 0 aliphatic carbocycles. The quantitative estimate of drug-likeness (QED) is 0.640. The number of likely N-dealkylation sites (tertiary alicyclic amines) is 1. The number of benzene rings is 1. The van der Waals surface area contributed by atoms with Crippen LogP contribution in [-0.4, -0.2) is 49.0 Å². The number of methoxy groups -OCH3 is 1. The summed E-state index contributed by atoms with van der Waals surface area (Å²) in [6.07, 6.45) is 2.51. The first-order valence-electron chi connectivity index (χ1n) is 10.3. The second-order valence-electron chi connectivity index (χ2n) is 7.63. The second kappa shape index (κ2) is 10.8.